The molecule has 0 radical (unpaired) electrons. The number of amides is 1. The first-order chi connectivity index (χ1) is 12.9. The van der Waals surface area contributed by atoms with Gasteiger partial charge < -0.3 is 0 Å². The Kier molecular flexibility index (Phi) is 5.31. The summed E-state index contributed by atoms with van der Waals surface area (Å²) in [4.78, 5) is 41.6. The topological polar surface area (TPSA) is 85.4 Å². The van der Waals surface area contributed by atoms with E-state index in [4.69, 9.17) is 0 Å². The Morgan fingerprint density at radius 3 is 2.37 bits per heavy atom. The summed E-state index contributed by atoms with van der Waals surface area (Å²) in [7, 11) is 3.03. The fourth-order valence-electron chi connectivity index (χ4n) is 3.39. The number of carbonyl (C=O) groups excluding carboxylic acids is 1. The molecule has 1 fully saturated rings. The van der Waals surface area contributed by atoms with Gasteiger partial charge in [-0.05, 0) is 26.7 Å². The van der Waals surface area contributed by atoms with Crippen LogP contribution in [0.2, 0.25) is 0 Å². The van der Waals surface area contributed by atoms with Gasteiger partial charge in [0.05, 0.1) is 0 Å². The molecule has 3 rings (SSSR count). The predicted octanol–water partition coefficient (Wildman–Crippen LogP) is 0.764. The van der Waals surface area contributed by atoms with Gasteiger partial charge in [0, 0.05) is 33.7 Å². The van der Waals surface area contributed by atoms with Gasteiger partial charge in [-0.15, -0.1) is 0 Å². The van der Waals surface area contributed by atoms with Crippen molar-refractivity contribution < 1.29 is 4.79 Å². The smallest absolute Gasteiger partial charge is 0.299 e. The largest absolute Gasteiger partial charge is 0.332 e. The molecule has 1 aliphatic heterocycles. The molecule has 0 spiro atoms. The van der Waals surface area contributed by atoms with E-state index in [0.29, 0.717) is 18.0 Å². The molecule has 0 aliphatic carbocycles. The molecule has 146 valence electrons. The molecular formula is C18H26N6O3. The van der Waals surface area contributed by atoms with Crippen molar-refractivity contribution in [3.05, 3.63) is 32.5 Å². The van der Waals surface area contributed by atoms with Crippen LogP contribution in [0.4, 0.5) is 5.95 Å². The number of imidazole rings is 1. The number of rotatable bonds is 5. The van der Waals surface area contributed by atoms with Crippen LogP contribution in [0.25, 0.3) is 11.2 Å². The van der Waals surface area contributed by atoms with Crippen LogP contribution in [0, 0.1) is 0 Å². The maximum Gasteiger partial charge on any atom is 0.332 e. The molecule has 0 saturated carbocycles. The van der Waals surface area contributed by atoms with Crippen molar-refractivity contribution in [3.63, 3.8) is 0 Å². The average molecular weight is 374 g/mol. The number of hydrogen-bond acceptors (Lipinski definition) is 5. The maximum absolute atomic E-state index is 12.8. The van der Waals surface area contributed by atoms with Crippen molar-refractivity contribution in [2.24, 2.45) is 14.1 Å². The number of piperidine rings is 1. The van der Waals surface area contributed by atoms with E-state index in [1.807, 2.05) is 24.9 Å². The molecule has 1 amide bonds. The average Bonchev–Trinajstić information content (AvgIpc) is 3.04. The van der Waals surface area contributed by atoms with E-state index in [0.717, 1.165) is 48.9 Å². The molecule has 0 bridgehead atoms. The molecule has 1 aliphatic rings. The maximum atomic E-state index is 12.8. The second-order valence-corrected chi connectivity index (χ2v) is 7.15. The van der Waals surface area contributed by atoms with Gasteiger partial charge in [-0.25, -0.2) is 14.8 Å². The van der Waals surface area contributed by atoms with Gasteiger partial charge in [0.1, 0.15) is 0 Å². The summed E-state index contributed by atoms with van der Waals surface area (Å²) >= 11 is 0. The second-order valence-electron chi connectivity index (χ2n) is 7.15. The number of aromatic nitrogens is 4. The van der Waals surface area contributed by atoms with Crippen LogP contribution in [-0.4, -0.2) is 43.2 Å². The number of anilines is 1. The molecule has 27 heavy (non-hydrogen) atoms. The zero-order valence-electron chi connectivity index (χ0n) is 16.3. The fourth-order valence-corrected chi connectivity index (χ4v) is 3.39. The third-order valence-corrected chi connectivity index (χ3v) is 4.95. The lowest BCUT2D eigenvalue weighted by Crippen LogP contribution is -2.46. The monoisotopic (exact) mass is 374 g/mol. The zero-order valence-corrected chi connectivity index (χ0v) is 16.3. The van der Waals surface area contributed by atoms with Gasteiger partial charge in [-0.3, -0.25) is 23.3 Å². The van der Waals surface area contributed by atoms with Crippen LogP contribution in [0.15, 0.2) is 21.2 Å². The van der Waals surface area contributed by atoms with Crippen LogP contribution in [0.5, 0.6) is 0 Å². The first-order valence-corrected chi connectivity index (χ1v) is 9.15. The summed E-state index contributed by atoms with van der Waals surface area (Å²) < 4.78 is 4.13. The predicted molar refractivity (Wildman–Crippen MR) is 104 cm³/mol. The van der Waals surface area contributed by atoms with Crippen LogP contribution in [0.3, 0.4) is 0 Å². The summed E-state index contributed by atoms with van der Waals surface area (Å²) in [6.07, 6.45) is 5.83. The Morgan fingerprint density at radius 1 is 1.11 bits per heavy atom. The van der Waals surface area contributed by atoms with Crippen LogP contribution >= 0.6 is 0 Å². The van der Waals surface area contributed by atoms with E-state index in [9.17, 15) is 14.4 Å². The third kappa shape index (κ3) is 3.34. The lowest BCUT2D eigenvalue weighted by atomic mass is 10.2. The normalized spacial score (nSPS) is 15.1. The van der Waals surface area contributed by atoms with Gasteiger partial charge in [0.15, 0.2) is 11.2 Å². The quantitative estimate of drug-likeness (QED) is 0.570. The van der Waals surface area contributed by atoms with Crippen LogP contribution in [-0.2, 0) is 25.4 Å². The van der Waals surface area contributed by atoms with Crippen molar-refractivity contribution >= 4 is 23.5 Å². The minimum atomic E-state index is -0.443. The second kappa shape index (κ2) is 7.51. The van der Waals surface area contributed by atoms with Gasteiger partial charge in [-0.1, -0.05) is 18.1 Å². The number of aryl methyl sites for hydroxylation is 1. The standard InChI is InChI=1S/C18H26N6O3/c1-13(2)8-11-23-14-15(20(3)18(27)21(4)16(14)26)19-17(23)24(12-25)22-9-6-5-7-10-22/h8,12H,5-7,9-11H2,1-4H3. The Bertz CT molecular complexity index is 1000. The number of nitrogens with zero attached hydrogens (tertiary/aromatic N) is 6. The summed E-state index contributed by atoms with van der Waals surface area (Å²) in [6, 6.07) is 0. The molecule has 9 heteroatoms. The Balaban J connectivity index is 2.28. The van der Waals surface area contributed by atoms with Crippen LogP contribution < -0.4 is 16.3 Å². The van der Waals surface area contributed by atoms with E-state index in [1.165, 1.54) is 16.6 Å². The molecule has 2 aromatic heterocycles. The minimum absolute atomic E-state index is 0.282. The molecule has 9 nitrogen and oxygen atoms in total. The molecular weight excluding hydrogens is 348 g/mol. The van der Waals surface area contributed by atoms with Gasteiger partial charge >= 0.3 is 5.69 Å². The summed E-state index contributed by atoms with van der Waals surface area (Å²) in [5.74, 6) is 0.359. The van der Waals surface area contributed by atoms with E-state index < -0.39 is 11.2 Å². The van der Waals surface area contributed by atoms with E-state index in [1.54, 1.807) is 11.6 Å². The van der Waals surface area contributed by atoms with Crippen LogP contribution in [0.1, 0.15) is 33.1 Å². The fraction of sp³-hybridized carbons (Fsp3) is 0.556. The lowest BCUT2D eigenvalue weighted by Gasteiger charge is -2.33. The highest BCUT2D eigenvalue weighted by Crippen LogP contribution is 2.22. The number of allylic oxidation sites excluding steroid dienone is 2. The van der Waals surface area contributed by atoms with Crippen molar-refractivity contribution in [1.29, 1.82) is 0 Å². The molecule has 0 unspecified atom stereocenters. The molecule has 0 N–H and O–H groups in total. The highest BCUT2D eigenvalue weighted by Gasteiger charge is 2.26. The molecule has 1 saturated heterocycles. The zero-order chi connectivity index (χ0) is 19.7. The SMILES string of the molecule is CC(C)=CCn1c(N(C=O)N2CCCCC2)nc2c1c(=O)n(C)c(=O)n2C. The van der Waals surface area contributed by atoms with Gasteiger partial charge in [0.2, 0.25) is 12.4 Å². The van der Waals surface area contributed by atoms with Crippen molar-refractivity contribution in [2.45, 2.75) is 39.7 Å². The molecule has 0 aromatic carbocycles. The van der Waals surface area contributed by atoms with E-state index in [2.05, 4.69) is 4.98 Å². The van der Waals surface area contributed by atoms with E-state index >= 15 is 0 Å². The number of hydrogen-bond donors (Lipinski definition) is 0. The Labute approximate surface area is 157 Å². The number of fused-ring (bicyclic) bond motifs is 1. The third-order valence-electron chi connectivity index (χ3n) is 4.95. The summed E-state index contributed by atoms with van der Waals surface area (Å²) in [5, 5.41) is 3.42. The Hall–Kier alpha value is -2.68. The minimum Gasteiger partial charge on any atom is -0.299 e. The first kappa shape index (κ1) is 19.1. The first-order valence-electron chi connectivity index (χ1n) is 9.15. The highest BCUT2D eigenvalue weighted by molar-refractivity contribution is 5.79. The van der Waals surface area contributed by atoms with Crippen molar-refractivity contribution in [2.75, 3.05) is 18.1 Å². The van der Waals surface area contributed by atoms with E-state index in [-0.39, 0.29) is 5.65 Å². The molecule has 3 heterocycles. The van der Waals surface area contributed by atoms with Crippen molar-refractivity contribution in [3.8, 4) is 0 Å². The number of carbonyl (C=O) groups is 1. The summed E-state index contributed by atoms with van der Waals surface area (Å²) in [5.41, 5.74) is 0.820. The molecule has 2 aromatic rings. The number of hydrazine groups is 1. The van der Waals surface area contributed by atoms with Gasteiger partial charge in [-0.2, -0.15) is 4.98 Å². The highest BCUT2D eigenvalue weighted by atomic mass is 16.2. The molecule has 0 atom stereocenters. The van der Waals surface area contributed by atoms with Crippen molar-refractivity contribution in [1.82, 2.24) is 23.7 Å². The Morgan fingerprint density at radius 2 is 1.78 bits per heavy atom. The lowest BCUT2D eigenvalue weighted by molar-refractivity contribution is -0.110. The van der Waals surface area contributed by atoms with Gasteiger partial charge in [0.25, 0.3) is 5.56 Å². The summed E-state index contributed by atoms with van der Waals surface area (Å²) in [6.45, 7) is 5.83.